The Morgan fingerprint density at radius 2 is 1.96 bits per heavy atom. The van der Waals surface area contributed by atoms with E-state index in [2.05, 4.69) is 37.1 Å². The molecule has 0 aromatic carbocycles. The molecular weight excluding hydrogens is 316 g/mol. The van der Waals surface area contributed by atoms with Crippen molar-refractivity contribution in [2.24, 2.45) is 0 Å². The van der Waals surface area contributed by atoms with E-state index < -0.39 is 0 Å². The van der Waals surface area contributed by atoms with Crippen LogP contribution in [0.5, 0.6) is 0 Å². The molecule has 7 heteroatoms. The number of hydrogen-bond acceptors (Lipinski definition) is 6. The highest BCUT2D eigenvalue weighted by Gasteiger charge is 2.18. The predicted octanol–water partition coefficient (Wildman–Crippen LogP) is 1.17. The highest BCUT2D eigenvalue weighted by Crippen LogP contribution is 2.18. The SMILES string of the molecule is Cc1ncc(C(=O)NCc2cccnc2N2CCN(C)CC2)c(C)n1. The molecule has 1 aliphatic heterocycles. The second kappa shape index (κ2) is 7.57. The minimum atomic E-state index is -0.161. The van der Waals surface area contributed by atoms with Crippen LogP contribution in [0.4, 0.5) is 5.82 Å². The lowest BCUT2D eigenvalue weighted by Gasteiger charge is -2.34. The number of nitrogens with zero attached hydrogens (tertiary/aromatic N) is 5. The Bertz CT molecular complexity index is 755. The van der Waals surface area contributed by atoms with Gasteiger partial charge in [-0.15, -0.1) is 0 Å². The average Bonchev–Trinajstić information content (AvgIpc) is 2.61. The summed E-state index contributed by atoms with van der Waals surface area (Å²) in [5.41, 5.74) is 2.22. The fourth-order valence-electron chi connectivity index (χ4n) is 2.95. The minimum absolute atomic E-state index is 0.161. The van der Waals surface area contributed by atoms with Crippen molar-refractivity contribution in [3.8, 4) is 0 Å². The predicted molar refractivity (Wildman–Crippen MR) is 96.6 cm³/mol. The molecule has 132 valence electrons. The van der Waals surface area contributed by atoms with E-state index in [1.807, 2.05) is 26.0 Å². The number of hydrogen-bond donors (Lipinski definition) is 1. The fourth-order valence-corrected chi connectivity index (χ4v) is 2.95. The molecule has 0 bridgehead atoms. The third kappa shape index (κ3) is 4.11. The first-order valence-corrected chi connectivity index (χ1v) is 8.50. The normalized spacial score (nSPS) is 15.2. The zero-order valence-electron chi connectivity index (χ0n) is 15.0. The molecule has 1 saturated heterocycles. The maximum Gasteiger partial charge on any atom is 0.254 e. The largest absolute Gasteiger partial charge is 0.354 e. The molecule has 1 amide bonds. The lowest BCUT2D eigenvalue weighted by Crippen LogP contribution is -2.45. The third-order valence-electron chi connectivity index (χ3n) is 4.45. The number of nitrogens with one attached hydrogen (secondary N) is 1. The number of aryl methyl sites for hydroxylation is 2. The van der Waals surface area contributed by atoms with Crippen molar-refractivity contribution in [2.75, 3.05) is 38.1 Å². The van der Waals surface area contributed by atoms with E-state index in [0.29, 0.717) is 23.6 Å². The van der Waals surface area contributed by atoms with Gasteiger partial charge in [0.25, 0.3) is 5.91 Å². The molecule has 3 rings (SSSR count). The van der Waals surface area contributed by atoms with Gasteiger partial charge in [-0.25, -0.2) is 15.0 Å². The number of amides is 1. The molecule has 1 N–H and O–H groups in total. The van der Waals surface area contributed by atoms with Gasteiger partial charge in [-0.05, 0) is 27.0 Å². The summed E-state index contributed by atoms with van der Waals surface area (Å²) in [6.45, 7) is 7.99. The zero-order valence-corrected chi connectivity index (χ0v) is 15.0. The van der Waals surface area contributed by atoms with Gasteiger partial charge in [0.15, 0.2) is 0 Å². The molecule has 0 unspecified atom stereocenters. The molecule has 0 aliphatic carbocycles. The van der Waals surface area contributed by atoms with E-state index in [4.69, 9.17) is 0 Å². The van der Waals surface area contributed by atoms with Gasteiger partial charge in [0.05, 0.1) is 11.3 Å². The van der Waals surface area contributed by atoms with Crippen molar-refractivity contribution in [3.05, 3.63) is 47.2 Å². The maximum absolute atomic E-state index is 12.4. The summed E-state index contributed by atoms with van der Waals surface area (Å²) in [5.74, 6) is 1.46. The number of anilines is 1. The molecule has 1 aliphatic rings. The van der Waals surface area contributed by atoms with Crippen molar-refractivity contribution >= 4 is 11.7 Å². The first-order valence-electron chi connectivity index (χ1n) is 8.50. The van der Waals surface area contributed by atoms with Crippen LogP contribution in [0.1, 0.15) is 27.4 Å². The lowest BCUT2D eigenvalue weighted by molar-refractivity contribution is 0.0949. The van der Waals surface area contributed by atoms with Crippen LogP contribution in [-0.4, -0.2) is 59.0 Å². The molecule has 25 heavy (non-hydrogen) atoms. The van der Waals surface area contributed by atoms with Gasteiger partial charge in [0.2, 0.25) is 0 Å². The summed E-state index contributed by atoms with van der Waals surface area (Å²) < 4.78 is 0. The van der Waals surface area contributed by atoms with Gasteiger partial charge < -0.3 is 15.1 Å². The summed E-state index contributed by atoms with van der Waals surface area (Å²) in [4.78, 5) is 29.9. The molecule has 0 radical (unpaired) electrons. The van der Waals surface area contributed by atoms with Crippen molar-refractivity contribution in [2.45, 2.75) is 20.4 Å². The number of likely N-dealkylation sites (N-methyl/N-ethyl adjacent to an activating group) is 1. The smallest absolute Gasteiger partial charge is 0.254 e. The molecule has 0 saturated carbocycles. The van der Waals surface area contributed by atoms with Crippen LogP contribution in [0, 0.1) is 13.8 Å². The summed E-state index contributed by atoms with van der Waals surface area (Å²) >= 11 is 0. The van der Waals surface area contributed by atoms with Crippen LogP contribution in [0.2, 0.25) is 0 Å². The van der Waals surface area contributed by atoms with Gasteiger partial charge >= 0.3 is 0 Å². The van der Waals surface area contributed by atoms with Gasteiger partial charge in [0, 0.05) is 50.7 Å². The first kappa shape index (κ1) is 17.3. The molecule has 3 heterocycles. The molecular formula is C18H24N6O. The van der Waals surface area contributed by atoms with E-state index in [1.54, 1.807) is 12.4 Å². The number of carbonyl (C=O) groups is 1. The molecule has 0 atom stereocenters. The Labute approximate surface area is 148 Å². The van der Waals surface area contributed by atoms with E-state index in [1.165, 1.54) is 0 Å². The summed E-state index contributed by atoms with van der Waals surface area (Å²) in [5, 5.41) is 2.97. The Morgan fingerprint density at radius 1 is 1.20 bits per heavy atom. The number of aromatic nitrogens is 3. The zero-order chi connectivity index (χ0) is 17.8. The topological polar surface area (TPSA) is 74.2 Å². The van der Waals surface area contributed by atoms with Gasteiger partial charge in [-0.2, -0.15) is 0 Å². The molecule has 1 fully saturated rings. The Kier molecular flexibility index (Phi) is 5.23. The van der Waals surface area contributed by atoms with Gasteiger partial charge in [-0.3, -0.25) is 4.79 Å². The Hall–Kier alpha value is -2.54. The van der Waals surface area contributed by atoms with Crippen molar-refractivity contribution in [1.29, 1.82) is 0 Å². The van der Waals surface area contributed by atoms with E-state index in [0.717, 1.165) is 37.6 Å². The lowest BCUT2D eigenvalue weighted by atomic mass is 10.2. The van der Waals surface area contributed by atoms with Gasteiger partial charge in [-0.1, -0.05) is 6.07 Å². The summed E-state index contributed by atoms with van der Waals surface area (Å²) in [6, 6.07) is 3.92. The average molecular weight is 340 g/mol. The van der Waals surface area contributed by atoms with Crippen molar-refractivity contribution in [1.82, 2.24) is 25.2 Å². The monoisotopic (exact) mass is 340 g/mol. The molecule has 2 aromatic heterocycles. The van der Waals surface area contributed by atoms with E-state index in [-0.39, 0.29) is 5.91 Å². The Morgan fingerprint density at radius 3 is 2.68 bits per heavy atom. The van der Waals surface area contributed by atoms with Crippen LogP contribution < -0.4 is 10.2 Å². The first-order chi connectivity index (χ1) is 12.0. The third-order valence-corrected chi connectivity index (χ3v) is 4.45. The number of carbonyl (C=O) groups excluding carboxylic acids is 1. The van der Waals surface area contributed by atoms with Crippen molar-refractivity contribution < 1.29 is 4.79 Å². The van der Waals surface area contributed by atoms with Crippen LogP contribution in [0.3, 0.4) is 0 Å². The number of pyridine rings is 1. The van der Waals surface area contributed by atoms with Crippen molar-refractivity contribution in [3.63, 3.8) is 0 Å². The van der Waals surface area contributed by atoms with E-state index >= 15 is 0 Å². The molecule has 7 nitrogen and oxygen atoms in total. The second-order valence-corrected chi connectivity index (χ2v) is 6.38. The van der Waals surface area contributed by atoms with Crippen LogP contribution >= 0.6 is 0 Å². The quantitative estimate of drug-likeness (QED) is 0.901. The van der Waals surface area contributed by atoms with Gasteiger partial charge in [0.1, 0.15) is 11.6 Å². The molecule has 0 spiro atoms. The highest BCUT2D eigenvalue weighted by atomic mass is 16.1. The van der Waals surface area contributed by atoms with Crippen LogP contribution in [0.25, 0.3) is 0 Å². The Balaban J connectivity index is 1.70. The number of rotatable bonds is 4. The van der Waals surface area contributed by atoms with Crippen LogP contribution in [-0.2, 0) is 6.54 Å². The second-order valence-electron chi connectivity index (χ2n) is 6.38. The van der Waals surface area contributed by atoms with Crippen LogP contribution in [0.15, 0.2) is 24.5 Å². The summed E-state index contributed by atoms with van der Waals surface area (Å²) in [6.07, 6.45) is 3.38. The van der Waals surface area contributed by atoms with E-state index in [9.17, 15) is 4.79 Å². The standard InChI is InChI=1S/C18H24N6O/c1-13-16(12-20-14(2)22-13)18(25)21-11-15-5-4-6-19-17(15)24-9-7-23(3)8-10-24/h4-6,12H,7-11H2,1-3H3,(H,21,25). The summed E-state index contributed by atoms with van der Waals surface area (Å²) in [7, 11) is 2.13. The fraction of sp³-hybridized carbons (Fsp3) is 0.444. The highest BCUT2D eigenvalue weighted by molar-refractivity contribution is 5.94. The maximum atomic E-state index is 12.4. The number of piperazine rings is 1. The minimum Gasteiger partial charge on any atom is -0.354 e. The molecule has 2 aromatic rings.